The van der Waals surface area contributed by atoms with Crippen LogP contribution in [0, 0.1) is 11.7 Å². The van der Waals surface area contributed by atoms with Crippen molar-refractivity contribution in [3.8, 4) is 0 Å². The van der Waals surface area contributed by atoms with Crippen LogP contribution in [0.4, 0.5) is 4.39 Å². The summed E-state index contributed by atoms with van der Waals surface area (Å²) in [6.07, 6.45) is 1.22. The molecule has 0 aliphatic heterocycles. The fraction of sp³-hybridized carbons (Fsp3) is 0.462. The van der Waals surface area contributed by atoms with E-state index in [0.29, 0.717) is 6.42 Å². The van der Waals surface area contributed by atoms with E-state index < -0.39 is 11.9 Å². The molecule has 0 amide bonds. The highest BCUT2D eigenvalue weighted by molar-refractivity contribution is 5.70. The third kappa shape index (κ3) is 3.82. The largest absolute Gasteiger partial charge is 0.481 e. The monoisotopic (exact) mass is 239 g/mol. The third-order valence-corrected chi connectivity index (χ3v) is 3.02. The normalized spacial score (nSPS) is 14.3. The van der Waals surface area contributed by atoms with Crippen LogP contribution in [-0.4, -0.2) is 17.6 Å². The van der Waals surface area contributed by atoms with Crippen LogP contribution in [-0.2, 0) is 4.79 Å². The Hall–Kier alpha value is -1.42. The fourth-order valence-electron chi connectivity index (χ4n) is 1.94. The number of carboxylic acid groups (broad SMARTS) is 1. The summed E-state index contributed by atoms with van der Waals surface area (Å²) in [6, 6.07) is 6.32. The zero-order valence-corrected chi connectivity index (χ0v) is 9.90. The molecule has 3 nitrogen and oxygen atoms in total. The minimum Gasteiger partial charge on any atom is -0.481 e. The van der Waals surface area contributed by atoms with E-state index in [1.165, 1.54) is 12.1 Å². The van der Waals surface area contributed by atoms with Crippen molar-refractivity contribution in [1.29, 1.82) is 0 Å². The van der Waals surface area contributed by atoms with E-state index in [1.807, 2.05) is 13.0 Å². The van der Waals surface area contributed by atoms with E-state index >= 15 is 0 Å². The summed E-state index contributed by atoms with van der Waals surface area (Å²) in [5, 5.41) is 8.97. The molecule has 0 bridgehead atoms. The van der Waals surface area contributed by atoms with Crippen LogP contribution in [0.1, 0.15) is 31.2 Å². The molecule has 4 heteroatoms. The number of hydrogen-bond donors (Lipinski definition) is 2. The molecule has 94 valence electrons. The van der Waals surface area contributed by atoms with Crippen molar-refractivity contribution in [2.75, 3.05) is 6.54 Å². The number of rotatable bonds is 6. The predicted octanol–water partition coefficient (Wildman–Crippen LogP) is 2.37. The topological polar surface area (TPSA) is 63.3 Å². The van der Waals surface area contributed by atoms with Gasteiger partial charge in [0.1, 0.15) is 5.82 Å². The van der Waals surface area contributed by atoms with Gasteiger partial charge >= 0.3 is 5.97 Å². The van der Waals surface area contributed by atoms with Crippen LogP contribution in [0.25, 0.3) is 0 Å². The summed E-state index contributed by atoms with van der Waals surface area (Å²) >= 11 is 0. The van der Waals surface area contributed by atoms with Crippen LogP contribution in [0.5, 0.6) is 0 Å². The Morgan fingerprint density at radius 1 is 1.53 bits per heavy atom. The molecule has 0 aliphatic carbocycles. The van der Waals surface area contributed by atoms with Gasteiger partial charge < -0.3 is 10.8 Å². The van der Waals surface area contributed by atoms with Gasteiger partial charge in [-0.05, 0) is 36.5 Å². The summed E-state index contributed by atoms with van der Waals surface area (Å²) in [5.41, 5.74) is 6.27. The van der Waals surface area contributed by atoms with Crippen LogP contribution in [0.15, 0.2) is 24.3 Å². The lowest BCUT2D eigenvalue weighted by molar-refractivity contribution is -0.141. The first-order valence-electron chi connectivity index (χ1n) is 5.76. The third-order valence-electron chi connectivity index (χ3n) is 3.02. The molecule has 0 spiro atoms. The van der Waals surface area contributed by atoms with Gasteiger partial charge in [-0.1, -0.05) is 19.1 Å². The number of aliphatic carboxylic acids is 1. The van der Waals surface area contributed by atoms with E-state index in [1.54, 1.807) is 6.07 Å². The van der Waals surface area contributed by atoms with E-state index in [-0.39, 0.29) is 18.3 Å². The summed E-state index contributed by atoms with van der Waals surface area (Å²) in [4.78, 5) is 10.9. The van der Waals surface area contributed by atoms with Crippen molar-refractivity contribution in [2.45, 2.75) is 25.7 Å². The lowest BCUT2D eigenvalue weighted by Crippen LogP contribution is -2.25. The van der Waals surface area contributed by atoms with Gasteiger partial charge in [-0.2, -0.15) is 0 Å². The molecule has 2 unspecified atom stereocenters. The van der Waals surface area contributed by atoms with E-state index in [0.717, 1.165) is 12.0 Å². The zero-order chi connectivity index (χ0) is 12.8. The van der Waals surface area contributed by atoms with Crippen LogP contribution in [0.2, 0.25) is 0 Å². The highest BCUT2D eigenvalue weighted by atomic mass is 19.1. The lowest BCUT2D eigenvalue weighted by atomic mass is 9.87. The minimum absolute atomic E-state index is 0.0374. The van der Waals surface area contributed by atoms with E-state index in [4.69, 9.17) is 10.8 Å². The average Bonchev–Trinajstić information content (AvgIpc) is 2.30. The molecule has 0 saturated heterocycles. The number of nitrogens with two attached hydrogens (primary N) is 1. The van der Waals surface area contributed by atoms with E-state index in [9.17, 15) is 9.18 Å². The molecular weight excluding hydrogens is 221 g/mol. The first-order chi connectivity index (χ1) is 8.08. The Morgan fingerprint density at radius 3 is 2.71 bits per heavy atom. The van der Waals surface area contributed by atoms with Gasteiger partial charge in [0.05, 0.1) is 5.92 Å². The smallest absolute Gasteiger partial charge is 0.307 e. The van der Waals surface area contributed by atoms with Gasteiger partial charge in [-0.15, -0.1) is 0 Å². The Bertz CT molecular complexity index is 381. The zero-order valence-electron chi connectivity index (χ0n) is 9.90. The Kier molecular flexibility index (Phi) is 5.10. The number of hydrogen-bond acceptors (Lipinski definition) is 2. The lowest BCUT2D eigenvalue weighted by Gasteiger charge is -2.19. The molecule has 0 saturated carbocycles. The maximum absolute atomic E-state index is 13.1. The highest BCUT2D eigenvalue weighted by Crippen LogP contribution is 2.27. The Morgan fingerprint density at radius 2 is 2.24 bits per heavy atom. The molecule has 0 fully saturated rings. The standard InChI is InChI=1S/C13H18FNO2/c1-2-9(6-11(8-15)13(16)17)10-4-3-5-12(14)7-10/h3-5,7,9,11H,2,6,8,15H2,1H3,(H,16,17). The molecule has 0 heterocycles. The molecule has 3 N–H and O–H groups in total. The average molecular weight is 239 g/mol. The second kappa shape index (κ2) is 6.35. The van der Waals surface area contributed by atoms with Crippen LogP contribution in [0.3, 0.4) is 0 Å². The van der Waals surface area contributed by atoms with Gasteiger partial charge in [0, 0.05) is 6.54 Å². The number of carbonyl (C=O) groups is 1. The van der Waals surface area contributed by atoms with Gasteiger partial charge in [0.2, 0.25) is 0 Å². The molecule has 17 heavy (non-hydrogen) atoms. The van der Waals surface area contributed by atoms with Crippen LogP contribution >= 0.6 is 0 Å². The molecule has 0 aromatic heterocycles. The van der Waals surface area contributed by atoms with Crippen LogP contribution < -0.4 is 5.73 Å². The van der Waals surface area contributed by atoms with Gasteiger partial charge in [0.25, 0.3) is 0 Å². The van der Waals surface area contributed by atoms with Gasteiger partial charge in [-0.25, -0.2) is 4.39 Å². The van der Waals surface area contributed by atoms with Gasteiger partial charge in [0.15, 0.2) is 0 Å². The number of carboxylic acids is 1. The quantitative estimate of drug-likeness (QED) is 0.801. The predicted molar refractivity (Wildman–Crippen MR) is 64.2 cm³/mol. The molecule has 1 aromatic carbocycles. The Labute approximate surface area is 100 Å². The first kappa shape index (κ1) is 13.6. The van der Waals surface area contributed by atoms with E-state index in [2.05, 4.69) is 0 Å². The number of halogens is 1. The van der Waals surface area contributed by atoms with Gasteiger partial charge in [-0.3, -0.25) is 4.79 Å². The summed E-state index contributed by atoms with van der Waals surface area (Å²) < 4.78 is 13.1. The minimum atomic E-state index is -0.887. The summed E-state index contributed by atoms with van der Waals surface area (Å²) in [7, 11) is 0. The van der Waals surface area contributed by atoms with Crippen molar-refractivity contribution in [2.24, 2.45) is 11.7 Å². The van der Waals surface area contributed by atoms with Crippen molar-refractivity contribution >= 4 is 5.97 Å². The SMILES string of the molecule is CCC(CC(CN)C(=O)O)c1cccc(F)c1. The molecular formula is C13H18FNO2. The maximum atomic E-state index is 13.1. The molecule has 0 aliphatic rings. The van der Waals surface area contributed by atoms with Crippen molar-refractivity contribution in [3.05, 3.63) is 35.6 Å². The molecule has 2 atom stereocenters. The highest BCUT2D eigenvalue weighted by Gasteiger charge is 2.21. The van der Waals surface area contributed by atoms with Crippen molar-refractivity contribution in [3.63, 3.8) is 0 Å². The first-order valence-corrected chi connectivity index (χ1v) is 5.76. The number of benzene rings is 1. The molecule has 1 aromatic rings. The second-order valence-corrected chi connectivity index (χ2v) is 4.17. The summed E-state index contributed by atoms with van der Waals surface area (Å²) in [5.74, 6) is -1.71. The van der Waals surface area contributed by atoms with Crippen molar-refractivity contribution < 1.29 is 14.3 Å². The van der Waals surface area contributed by atoms with Crippen molar-refractivity contribution in [1.82, 2.24) is 0 Å². The fourth-order valence-corrected chi connectivity index (χ4v) is 1.94. The second-order valence-electron chi connectivity index (χ2n) is 4.17. The molecule has 1 rings (SSSR count). The Balaban J connectivity index is 2.81. The maximum Gasteiger partial charge on any atom is 0.307 e. The molecule has 0 radical (unpaired) electrons. The summed E-state index contributed by atoms with van der Waals surface area (Å²) in [6.45, 7) is 2.08.